The first kappa shape index (κ1) is 21.4. The van der Waals surface area contributed by atoms with Gasteiger partial charge in [0, 0.05) is 6.54 Å². The molecule has 0 unspecified atom stereocenters. The highest BCUT2D eigenvalue weighted by Gasteiger charge is 2.30. The summed E-state index contributed by atoms with van der Waals surface area (Å²) in [6, 6.07) is 8.31. The number of aromatic nitrogens is 3. The van der Waals surface area contributed by atoms with Crippen molar-refractivity contribution in [2.24, 2.45) is 0 Å². The topological polar surface area (TPSA) is 59.8 Å². The summed E-state index contributed by atoms with van der Waals surface area (Å²) in [5.41, 5.74) is -0.336. The number of thioether (sulfide) groups is 1. The van der Waals surface area contributed by atoms with Crippen LogP contribution in [0.15, 0.2) is 46.9 Å². The van der Waals surface area contributed by atoms with Crippen LogP contribution in [0.1, 0.15) is 31.0 Å². The molecule has 3 rings (SSSR count). The molecule has 154 valence electrons. The largest absolute Gasteiger partial charge is 0.416 e. The molecule has 1 N–H and O–H groups in total. The van der Waals surface area contributed by atoms with Crippen LogP contribution in [0.5, 0.6) is 0 Å². The van der Waals surface area contributed by atoms with Gasteiger partial charge in [-0.15, -0.1) is 21.5 Å². The van der Waals surface area contributed by atoms with E-state index in [9.17, 15) is 18.0 Å². The molecule has 0 aliphatic carbocycles. The molecule has 0 bridgehead atoms. The molecule has 0 radical (unpaired) electrons. The van der Waals surface area contributed by atoms with Crippen LogP contribution in [-0.2, 0) is 17.5 Å². The lowest BCUT2D eigenvalue weighted by molar-refractivity contribution is -0.137. The molecule has 0 fully saturated rings. The zero-order valence-electron chi connectivity index (χ0n) is 15.7. The molecule has 10 heteroatoms. The van der Waals surface area contributed by atoms with Crippen molar-refractivity contribution in [1.29, 1.82) is 0 Å². The predicted molar refractivity (Wildman–Crippen MR) is 108 cm³/mol. The van der Waals surface area contributed by atoms with Crippen LogP contribution in [0, 0.1) is 0 Å². The third kappa shape index (κ3) is 5.18. The van der Waals surface area contributed by atoms with Gasteiger partial charge in [-0.25, -0.2) is 0 Å². The van der Waals surface area contributed by atoms with Crippen LogP contribution in [0.3, 0.4) is 0 Å². The molecule has 1 aromatic carbocycles. The molecule has 0 aliphatic rings. The quantitative estimate of drug-likeness (QED) is 0.525. The molecular weight excluding hydrogens is 421 g/mol. The smallest absolute Gasteiger partial charge is 0.349 e. The number of benzene rings is 1. The van der Waals surface area contributed by atoms with Crippen molar-refractivity contribution in [2.75, 3.05) is 5.75 Å². The van der Waals surface area contributed by atoms with Crippen molar-refractivity contribution in [2.45, 2.75) is 37.8 Å². The van der Waals surface area contributed by atoms with Crippen LogP contribution >= 0.6 is 23.1 Å². The van der Waals surface area contributed by atoms with Gasteiger partial charge in [0.1, 0.15) is 0 Å². The average molecular weight is 441 g/mol. The third-order valence-electron chi connectivity index (χ3n) is 4.20. The fraction of sp³-hybridized carbons (Fsp3) is 0.316. The summed E-state index contributed by atoms with van der Waals surface area (Å²) in [7, 11) is 0. The average Bonchev–Trinajstić information content (AvgIpc) is 3.34. The Morgan fingerprint density at radius 3 is 2.72 bits per heavy atom. The van der Waals surface area contributed by atoms with Crippen molar-refractivity contribution in [3.8, 4) is 10.7 Å². The summed E-state index contributed by atoms with van der Waals surface area (Å²) in [5, 5.41) is 13.7. The second-order valence-corrected chi connectivity index (χ2v) is 8.12. The number of amides is 1. The molecule has 1 amide bonds. The van der Waals surface area contributed by atoms with Crippen LogP contribution in [-0.4, -0.2) is 26.4 Å². The lowest BCUT2D eigenvalue weighted by Gasteiger charge is -2.16. The first-order valence-electron chi connectivity index (χ1n) is 8.86. The molecule has 5 nitrogen and oxygen atoms in total. The van der Waals surface area contributed by atoms with Gasteiger partial charge in [-0.2, -0.15) is 13.2 Å². The maximum absolute atomic E-state index is 12.9. The Balaban J connectivity index is 1.62. The molecule has 1 atom stereocenters. The van der Waals surface area contributed by atoms with Crippen molar-refractivity contribution in [1.82, 2.24) is 20.1 Å². The fourth-order valence-electron chi connectivity index (χ4n) is 2.75. The minimum absolute atomic E-state index is 0.0892. The Morgan fingerprint density at radius 1 is 1.28 bits per heavy atom. The highest BCUT2D eigenvalue weighted by molar-refractivity contribution is 7.99. The number of nitrogens with one attached hydrogen (secondary N) is 1. The van der Waals surface area contributed by atoms with Crippen LogP contribution < -0.4 is 5.32 Å². The van der Waals surface area contributed by atoms with E-state index in [1.165, 1.54) is 17.8 Å². The van der Waals surface area contributed by atoms with Gasteiger partial charge in [-0.3, -0.25) is 4.79 Å². The van der Waals surface area contributed by atoms with Gasteiger partial charge in [-0.05, 0) is 43.0 Å². The van der Waals surface area contributed by atoms with Gasteiger partial charge in [0.25, 0.3) is 0 Å². The first-order valence-corrected chi connectivity index (χ1v) is 10.7. The Kier molecular flexibility index (Phi) is 6.63. The number of hydrogen-bond donors (Lipinski definition) is 1. The van der Waals surface area contributed by atoms with E-state index in [-0.39, 0.29) is 11.7 Å². The molecule has 2 aromatic heterocycles. The lowest BCUT2D eigenvalue weighted by Crippen LogP contribution is -2.28. The molecular formula is C19H19F3N4OS2. The second kappa shape index (κ2) is 9.00. The number of rotatable bonds is 7. The highest BCUT2D eigenvalue weighted by Crippen LogP contribution is 2.31. The standard InChI is InChI=1S/C19H19F3N4OS2/c1-3-26-17(15-8-5-9-28-15)24-25-18(26)29-11-16(27)23-12(2)13-6-4-7-14(10-13)19(20,21)22/h4-10,12H,3,11H2,1-2H3,(H,23,27)/t12-/m1/s1. The molecule has 29 heavy (non-hydrogen) atoms. The van der Waals surface area contributed by atoms with E-state index >= 15 is 0 Å². The molecule has 0 saturated carbocycles. The number of thiophene rings is 1. The van der Waals surface area contributed by atoms with E-state index in [0.717, 1.165) is 22.8 Å². The number of alkyl halides is 3. The minimum atomic E-state index is -4.42. The SMILES string of the molecule is CCn1c(SCC(=O)N[C@H](C)c2cccc(C(F)(F)F)c2)nnc1-c1cccs1. The van der Waals surface area contributed by atoms with E-state index in [0.29, 0.717) is 17.3 Å². The van der Waals surface area contributed by atoms with Crippen LogP contribution in [0.25, 0.3) is 10.7 Å². The normalized spacial score (nSPS) is 12.7. The summed E-state index contributed by atoms with van der Waals surface area (Å²) in [4.78, 5) is 13.3. The van der Waals surface area contributed by atoms with Gasteiger partial charge in [0.05, 0.1) is 22.2 Å². The second-order valence-electron chi connectivity index (χ2n) is 6.23. The highest BCUT2D eigenvalue weighted by atomic mass is 32.2. The fourth-order valence-corrected chi connectivity index (χ4v) is 4.28. The number of halogens is 3. The summed E-state index contributed by atoms with van der Waals surface area (Å²) in [5.74, 6) is 0.553. The minimum Gasteiger partial charge on any atom is -0.349 e. The van der Waals surface area contributed by atoms with Crippen molar-refractivity contribution < 1.29 is 18.0 Å². The maximum atomic E-state index is 12.9. The van der Waals surface area contributed by atoms with Gasteiger partial charge >= 0.3 is 6.18 Å². The molecule has 2 heterocycles. The Morgan fingerprint density at radius 2 is 2.07 bits per heavy atom. The monoisotopic (exact) mass is 440 g/mol. The van der Waals surface area contributed by atoms with Gasteiger partial charge < -0.3 is 9.88 Å². The zero-order chi connectivity index (χ0) is 21.0. The summed E-state index contributed by atoms with van der Waals surface area (Å²) < 4.78 is 40.5. The van der Waals surface area contributed by atoms with Crippen LogP contribution in [0.2, 0.25) is 0 Å². The van der Waals surface area contributed by atoms with Crippen molar-refractivity contribution in [3.63, 3.8) is 0 Å². The van der Waals surface area contributed by atoms with E-state index < -0.39 is 17.8 Å². The number of nitrogens with zero attached hydrogens (tertiary/aromatic N) is 3. The Labute approximate surface area is 174 Å². The van der Waals surface area contributed by atoms with E-state index in [4.69, 9.17) is 0 Å². The summed E-state index contributed by atoms with van der Waals surface area (Å²) in [6.45, 7) is 4.28. The van der Waals surface area contributed by atoms with Crippen molar-refractivity contribution in [3.05, 3.63) is 52.9 Å². The summed E-state index contributed by atoms with van der Waals surface area (Å²) >= 11 is 2.80. The number of hydrogen-bond acceptors (Lipinski definition) is 5. The van der Waals surface area contributed by atoms with Gasteiger partial charge in [0.15, 0.2) is 11.0 Å². The number of carbonyl (C=O) groups is 1. The Hall–Kier alpha value is -2.33. The maximum Gasteiger partial charge on any atom is 0.416 e. The predicted octanol–water partition coefficient (Wildman–Crippen LogP) is 5.01. The molecule has 0 aliphatic heterocycles. The third-order valence-corrected chi connectivity index (χ3v) is 6.03. The van der Waals surface area contributed by atoms with E-state index in [1.807, 2.05) is 29.0 Å². The van der Waals surface area contributed by atoms with Gasteiger partial charge in [0.2, 0.25) is 5.91 Å². The summed E-state index contributed by atoms with van der Waals surface area (Å²) in [6.07, 6.45) is -4.42. The lowest BCUT2D eigenvalue weighted by atomic mass is 10.0. The molecule has 0 spiro atoms. The molecule has 0 saturated heterocycles. The van der Waals surface area contributed by atoms with Crippen molar-refractivity contribution >= 4 is 29.0 Å². The molecule has 3 aromatic rings. The Bertz CT molecular complexity index is 970. The van der Waals surface area contributed by atoms with E-state index in [1.54, 1.807) is 24.3 Å². The number of carbonyl (C=O) groups excluding carboxylic acids is 1. The van der Waals surface area contributed by atoms with Gasteiger partial charge in [-0.1, -0.05) is 30.0 Å². The van der Waals surface area contributed by atoms with E-state index in [2.05, 4.69) is 15.5 Å². The van der Waals surface area contributed by atoms with Crippen LogP contribution in [0.4, 0.5) is 13.2 Å². The first-order chi connectivity index (χ1) is 13.8. The zero-order valence-corrected chi connectivity index (χ0v) is 17.4.